The maximum Gasteiger partial charge on any atom is 0.303 e. The summed E-state index contributed by atoms with van der Waals surface area (Å²) in [5.74, 6) is 1.66. The number of rotatable bonds is 4. The van der Waals surface area contributed by atoms with E-state index in [9.17, 15) is 15.0 Å². The minimum atomic E-state index is -0.692. The van der Waals surface area contributed by atoms with Crippen molar-refractivity contribution in [2.45, 2.75) is 90.8 Å². The summed E-state index contributed by atoms with van der Waals surface area (Å²) in [6.45, 7) is 7.06. The number of aliphatic carboxylic acids is 1. The normalized spacial score (nSPS) is 48.8. The van der Waals surface area contributed by atoms with Crippen LogP contribution in [0.15, 0.2) is 11.6 Å². The van der Waals surface area contributed by atoms with Crippen molar-refractivity contribution >= 4 is 5.97 Å². The molecule has 158 valence electrons. The van der Waals surface area contributed by atoms with Crippen LogP contribution in [0.25, 0.3) is 0 Å². The third-order valence-corrected chi connectivity index (χ3v) is 9.68. The quantitative estimate of drug-likeness (QED) is 0.622. The van der Waals surface area contributed by atoms with E-state index >= 15 is 0 Å². The Bertz CT molecular complexity index is 657. The van der Waals surface area contributed by atoms with E-state index in [4.69, 9.17) is 5.11 Å². The van der Waals surface area contributed by atoms with Gasteiger partial charge in [-0.2, -0.15) is 0 Å². The molecule has 0 heterocycles. The molecule has 4 aliphatic rings. The van der Waals surface area contributed by atoms with Gasteiger partial charge in [-0.15, -0.1) is 0 Å². The van der Waals surface area contributed by atoms with E-state index in [1.807, 2.05) is 0 Å². The summed E-state index contributed by atoms with van der Waals surface area (Å²) >= 11 is 0. The summed E-state index contributed by atoms with van der Waals surface area (Å²) in [5, 5.41) is 30.4. The molecule has 0 radical (unpaired) electrons. The van der Waals surface area contributed by atoms with Crippen LogP contribution in [0.2, 0.25) is 0 Å². The second-order valence-electron chi connectivity index (χ2n) is 10.9. The molecule has 0 aromatic carbocycles. The SMILES string of the molecule is CC(CCC(=O)O)C1CCC2C3C(CCC12C)C1(C)CC[C@H](O)CC1=C[C@@H]3O. The molecule has 0 aromatic heterocycles. The highest BCUT2D eigenvalue weighted by Gasteiger charge is 2.61. The Labute approximate surface area is 169 Å². The number of carboxylic acids is 1. The molecular weight excluding hydrogens is 352 g/mol. The maximum absolute atomic E-state index is 11.2. The lowest BCUT2D eigenvalue weighted by molar-refractivity contribution is -0.137. The Hall–Kier alpha value is -0.870. The fourth-order valence-corrected chi connectivity index (χ4v) is 8.16. The van der Waals surface area contributed by atoms with Crippen molar-refractivity contribution in [3.8, 4) is 0 Å². The van der Waals surface area contributed by atoms with Gasteiger partial charge < -0.3 is 15.3 Å². The fourth-order valence-electron chi connectivity index (χ4n) is 8.16. The lowest BCUT2D eigenvalue weighted by Crippen LogP contribution is -2.54. The molecule has 0 spiro atoms. The molecular formula is C24H38O4. The highest BCUT2D eigenvalue weighted by molar-refractivity contribution is 5.66. The maximum atomic E-state index is 11.2. The van der Waals surface area contributed by atoms with Crippen LogP contribution in [0.5, 0.6) is 0 Å². The Kier molecular flexibility index (Phi) is 5.19. The third-order valence-electron chi connectivity index (χ3n) is 9.68. The largest absolute Gasteiger partial charge is 0.481 e. The van der Waals surface area contributed by atoms with E-state index in [1.165, 1.54) is 24.8 Å². The van der Waals surface area contributed by atoms with Crippen LogP contribution in [0.3, 0.4) is 0 Å². The molecule has 0 bridgehead atoms. The highest BCUT2D eigenvalue weighted by Crippen LogP contribution is 2.67. The first-order valence-electron chi connectivity index (χ1n) is 11.5. The number of carboxylic acid groups (broad SMARTS) is 1. The van der Waals surface area contributed by atoms with E-state index in [0.717, 1.165) is 32.1 Å². The second kappa shape index (κ2) is 7.12. The fraction of sp³-hybridized carbons (Fsp3) is 0.875. The minimum absolute atomic E-state index is 0.136. The number of hydrogen-bond donors (Lipinski definition) is 3. The lowest BCUT2D eigenvalue weighted by atomic mass is 9.46. The first kappa shape index (κ1) is 20.4. The standard InChI is InChI=1S/C24H38O4/c1-14(4-7-21(27)28)17-5-6-18-22-19(9-11-24(17,18)3)23(2)10-8-16(25)12-15(23)13-20(22)26/h13-14,16-20,22,25-26H,4-12H2,1-3H3,(H,27,28)/t14?,16-,17?,18?,19?,20-,22?,23?,24?/m0/s1. The molecule has 4 nitrogen and oxygen atoms in total. The predicted octanol–water partition coefficient (Wildman–Crippen LogP) is 4.40. The molecule has 3 N–H and O–H groups in total. The first-order chi connectivity index (χ1) is 13.2. The van der Waals surface area contributed by atoms with Gasteiger partial charge in [0, 0.05) is 6.42 Å². The van der Waals surface area contributed by atoms with Crippen molar-refractivity contribution in [2.24, 2.45) is 40.4 Å². The lowest BCUT2D eigenvalue weighted by Gasteiger charge is -2.59. The van der Waals surface area contributed by atoms with Gasteiger partial charge in [0.2, 0.25) is 0 Å². The summed E-state index contributed by atoms with van der Waals surface area (Å²) in [4.78, 5) is 11.0. The zero-order valence-electron chi connectivity index (χ0n) is 17.7. The van der Waals surface area contributed by atoms with Gasteiger partial charge in [0.05, 0.1) is 12.2 Å². The number of hydrogen-bond acceptors (Lipinski definition) is 3. The number of aliphatic hydroxyl groups excluding tert-OH is 2. The third kappa shape index (κ3) is 3.06. The summed E-state index contributed by atoms with van der Waals surface area (Å²) in [6.07, 6.45) is 9.82. The van der Waals surface area contributed by atoms with Crippen LogP contribution in [0, 0.1) is 40.4 Å². The molecule has 4 aliphatic carbocycles. The smallest absolute Gasteiger partial charge is 0.303 e. The van der Waals surface area contributed by atoms with E-state index in [-0.39, 0.29) is 23.4 Å². The van der Waals surface area contributed by atoms with Crippen LogP contribution in [-0.4, -0.2) is 33.5 Å². The van der Waals surface area contributed by atoms with Crippen LogP contribution in [-0.2, 0) is 4.79 Å². The van der Waals surface area contributed by atoms with Gasteiger partial charge in [-0.05, 0) is 91.8 Å². The predicted molar refractivity (Wildman–Crippen MR) is 109 cm³/mol. The van der Waals surface area contributed by atoms with Crippen LogP contribution in [0.4, 0.5) is 0 Å². The Morgan fingerprint density at radius 3 is 2.61 bits per heavy atom. The molecule has 9 atom stereocenters. The highest BCUT2D eigenvalue weighted by atomic mass is 16.4. The Morgan fingerprint density at radius 1 is 1.14 bits per heavy atom. The Balaban J connectivity index is 1.59. The van der Waals surface area contributed by atoms with Gasteiger partial charge in [-0.25, -0.2) is 0 Å². The van der Waals surface area contributed by atoms with Crippen molar-refractivity contribution in [3.63, 3.8) is 0 Å². The van der Waals surface area contributed by atoms with Gasteiger partial charge in [-0.3, -0.25) is 4.79 Å². The summed E-state index contributed by atoms with van der Waals surface area (Å²) in [7, 11) is 0. The monoisotopic (exact) mass is 390 g/mol. The molecule has 3 fully saturated rings. The average Bonchev–Trinajstić information content (AvgIpc) is 2.98. The summed E-state index contributed by atoms with van der Waals surface area (Å²) in [5.41, 5.74) is 1.65. The molecule has 4 rings (SSSR count). The van der Waals surface area contributed by atoms with Gasteiger partial charge in [0.15, 0.2) is 0 Å². The molecule has 0 amide bonds. The topological polar surface area (TPSA) is 77.8 Å². The van der Waals surface area contributed by atoms with Crippen molar-refractivity contribution in [1.29, 1.82) is 0 Å². The molecule has 28 heavy (non-hydrogen) atoms. The number of carbonyl (C=O) groups is 1. The Morgan fingerprint density at radius 2 is 1.89 bits per heavy atom. The van der Waals surface area contributed by atoms with Gasteiger partial charge in [-0.1, -0.05) is 32.4 Å². The molecule has 0 aromatic rings. The molecule has 4 heteroatoms. The zero-order valence-corrected chi connectivity index (χ0v) is 17.7. The number of aliphatic hydroxyl groups is 2. The van der Waals surface area contributed by atoms with Crippen molar-refractivity contribution in [1.82, 2.24) is 0 Å². The van der Waals surface area contributed by atoms with Gasteiger partial charge >= 0.3 is 5.97 Å². The van der Waals surface area contributed by atoms with Gasteiger partial charge in [0.25, 0.3) is 0 Å². The summed E-state index contributed by atoms with van der Waals surface area (Å²) in [6, 6.07) is 0. The van der Waals surface area contributed by atoms with Crippen LogP contribution >= 0.6 is 0 Å². The van der Waals surface area contributed by atoms with Gasteiger partial charge in [0.1, 0.15) is 0 Å². The first-order valence-corrected chi connectivity index (χ1v) is 11.5. The van der Waals surface area contributed by atoms with E-state index in [1.54, 1.807) is 0 Å². The molecule has 7 unspecified atom stereocenters. The van der Waals surface area contributed by atoms with Crippen molar-refractivity contribution < 1.29 is 20.1 Å². The number of fused-ring (bicyclic) bond motifs is 5. The summed E-state index contributed by atoms with van der Waals surface area (Å²) < 4.78 is 0. The molecule has 0 aliphatic heterocycles. The average molecular weight is 391 g/mol. The van der Waals surface area contributed by atoms with E-state index < -0.39 is 12.1 Å². The minimum Gasteiger partial charge on any atom is -0.481 e. The van der Waals surface area contributed by atoms with Crippen molar-refractivity contribution in [3.05, 3.63) is 11.6 Å². The molecule has 3 saturated carbocycles. The zero-order chi connectivity index (χ0) is 20.3. The van der Waals surface area contributed by atoms with E-state index in [0.29, 0.717) is 29.6 Å². The van der Waals surface area contributed by atoms with E-state index in [2.05, 4.69) is 26.8 Å². The molecule has 0 saturated heterocycles. The van der Waals surface area contributed by atoms with Crippen LogP contribution < -0.4 is 0 Å². The van der Waals surface area contributed by atoms with Crippen LogP contribution in [0.1, 0.15) is 78.6 Å². The van der Waals surface area contributed by atoms with Crippen molar-refractivity contribution in [2.75, 3.05) is 0 Å². The second-order valence-corrected chi connectivity index (χ2v) is 10.9.